The maximum atomic E-state index is 10.9. The molecule has 3 N–H and O–H groups in total. The third-order valence-electron chi connectivity index (χ3n) is 4.76. The van der Waals surface area contributed by atoms with Crippen LogP contribution in [0.1, 0.15) is 0 Å². The predicted octanol–water partition coefficient (Wildman–Crippen LogP) is 5.63. The van der Waals surface area contributed by atoms with E-state index in [0.717, 1.165) is 28.0 Å². The average Bonchev–Trinajstić information content (AvgIpc) is 3.17. The predicted molar refractivity (Wildman–Crippen MR) is 116 cm³/mol. The number of aromatic amines is 1. The van der Waals surface area contributed by atoms with Gasteiger partial charge in [0.25, 0.3) is 0 Å². The smallest absolute Gasteiger partial charge is 0.409 e. The summed E-state index contributed by atoms with van der Waals surface area (Å²) in [5.41, 5.74) is 7.48. The van der Waals surface area contributed by atoms with Gasteiger partial charge >= 0.3 is 6.09 Å². The molecule has 0 spiro atoms. The molecular formula is C24H17N3O3. The molecule has 4 aromatic carbocycles. The number of amides is 1. The van der Waals surface area contributed by atoms with Gasteiger partial charge < -0.3 is 20.2 Å². The van der Waals surface area contributed by atoms with E-state index in [9.17, 15) is 4.79 Å². The number of aromatic nitrogens is 2. The summed E-state index contributed by atoms with van der Waals surface area (Å²) in [6.07, 6.45) is -0.855. The molecule has 0 fully saturated rings. The number of carbonyl (C=O) groups is 1. The molecular weight excluding hydrogens is 378 g/mol. The Kier molecular flexibility index (Phi) is 4.29. The number of nitrogens with zero attached hydrogens (tertiary/aromatic N) is 1. The van der Waals surface area contributed by atoms with Crippen LogP contribution in [0.5, 0.6) is 17.2 Å². The number of carbonyl (C=O) groups excluding carboxylic acids is 1. The Labute approximate surface area is 171 Å². The molecule has 5 rings (SSSR count). The van der Waals surface area contributed by atoms with Gasteiger partial charge in [0.2, 0.25) is 0 Å². The highest BCUT2D eigenvalue weighted by atomic mass is 16.5. The SMILES string of the molecule is NC(=O)Oc1ccc2[nH]c(-c3ccc(Oc4ccc5ccccc5c4)cc3)nc2c1. The van der Waals surface area contributed by atoms with Crippen molar-refractivity contribution < 1.29 is 14.3 Å². The summed E-state index contributed by atoms with van der Waals surface area (Å²) in [4.78, 5) is 18.7. The molecule has 1 heterocycles. The second-order valence-electron chi connectivity index (χ2n) is 6.82. The average molecular weight is 395 g/mol. The van der Waals surface area contributed by atoms with E-state index in [1.165, 1.54) is 5.39 Å². The summed E-state index contributed by atoms with van der Waals surface area (Å²) < 4.78 is 10.9. The summed E-state index contributed by atoms with van der Waals surface area (Å²) in [7, 11) is 0. The number of nitrogens with two attached hydrogens (primary N) is 1. The molecule has 0 radical (unpaired) electrons. The molecule has 0 saturated heterocycles. The number of primary amides is 1. The number of H-pyrrole nitrogens is 1. The second-order valence-corrected chi connectivity index (χ2v) is 6.82. The monoisotopic (exact) mass is 395 g/mol. The lowest BCUT2D eigenvalue weighted by atomic mass is 10.1. The third kappa shape index (κ3) is 3.54. The number of ether oxygens (including phenoxy) is 2. The maximum Gasteiger partial charge on any atom is 0.409 e. The van der Waals surface area contributed by atoms with Gasteiger partial charge in [0.1, 0.15) is 23.1 Å². The molecule has 0 atom stereocenters. The molecule has 6 heteroatoms. The number of benzene rings is 4. The van der Waals surface area contributed by atoms with E-state index < -0.39 is 6.09 Å². The quantitative estimate of drug-likeness (QED) is 0.412. The zero-order valence-corrected chi connectivity index (χ0v) is 15.8. The number of imidazole rings is 1. The molecule has 5 aromatic rings. The summed E-state index contributed by atoms with van der Waals surface area (Å²) in [5.74, 6) is 2.58. The summed E-state index contributed by atoms with van der Waals surface area (Å²) in [5, 5.41) is 2.31. The fraction of sp³-hybridized carbons (Fsp3) is 0. The van der Waals surface area contributed by atoms with Crippen molar-refractivity contribution >= 4 is 27.9 Å². The molecule has 0 bridgehead atoms. The summed E-state index contributed by atoms with van der Waals surface area (Å²) in [6, 6.07) is 27.0. The van der Waals surface area contributed by atoms with Crippen LogP contribution in [0, 0.1) is 0 Å². The fourth-order valence-electron chi connectivity index (χ4n) is 3.35. The standard InChI is InChI=1S/C24H17N3O3/c25-24(28)30-20-11-12-21-22(14-20)27-23(26-21)16-6-8-18(9-7-16)29-19-10-5-15-3-1-2-4-17(15)13-19/h1-14H,(H2,25,28)(H,26,27). The molecule has 1 amide bonds. The van der Waals surface area contributed by atoms with Crippen molar-refractivity contribution in [3.8, 4) is 28.6 Å². The van der Waals surface area contributed by atoms with Gasteiger partial charge in [-0.2, -0.15) is 0 Å². The van der Waals surface area contributed by atoms with Gasteiger partial charge in [-0.1, -0.05) is 30.3 Å². The van der Waals surface area contributed by atoms with Crippen LogP contribution in [0.15, 0.2) is 84.9 Å². The van der Waals surface area contributed by atoms with Crippen LogP contribution in [0.4, 0.5) is 4.79 Å². The van der Waals surface area contributed by atoms with E-state index in [1.807, 2.05) is 54.6 Å². The van der Waals surface area contributed by atoms with E-state index in [-0.39, 0.29) is 0 Å². The van der Waals surface area contributed by atoms with Crippen molar-refractivity contribution in [1.82, 2.24) is 9.97 Å². The van der Waals surface area contributed by atoms with Crippen LogP contribution in [0.2, 0.25) is 0 Å². The molecule has 30 heavy (non-hydrogen) atoms. The summed E-state index contributed by atoms with van der Waals surface area (Å²) >= 11 is 0. The largest absolute Gasteiger partial charge is 0.457 e. The Morgan fingerprint density at radius 3 is 2.33 bits per heavy atom. The normalized spacial score (nSPS) is 10.9. The second kappa shape index (κ2) is 7.25. The minimum atomic E-state index is -0.855. The van der Waals surface area contributed by atoms with Crippen molar-refractivity contribution in [3.05, 3.63) is 84.9 Å². The molecule has 6 nitrogen and oxygen atoms in total. The molecule has 0 aliphatic carbocycles. The van der Waals surface area contributed by atoms with Crippen molar-refractivity contribution in [2.45, 2.75) is 0 Å². The van der Waals surface area contributed by atoms with Crippen LogP contribution >= 0.6 is 0 Å². The highest BCUT2D eigenvalue weighted by Gasteiger charge is 2.08. The van der Waals surface area contributed by atoms with Crippen LogP contribution in [0.3, 0.4) is 0 Å². The number of fused-ring (bicyclic) bond motifs is 2. The van der Waals surface area contributed by atoms with Gasteiger partial charge in [0.15, 0.2) is 0 Å². The highest BCUT2D eigenvalue weighted by Crippen LogP contribution is 2.28. The Morgan fingerprint density at radius 2 is 1.53 bits per heavy atom. The molecule has 0 unspecified atom stereocenters. The van der Waals surface area contributed by atoms with E-state index in [2.05, 4.69) is 22.1 Å². The number of rotatable bonds is 4. The lowest BCUT2D eigenvalue weighted by Gasteiger charge is -2.07. The van der Waals surface area contributed by atoms with Crippen molar-refractivity contribution in [2.75, 3.05) is 0 Å². The van der Waals surface area contributed by atoms with Gasteiger partial charge in [-0.15, -0.1) is 0 Å². The van der Waals surface area contributed by atoms with Crippen molar-refractivity contribution in [2.24, 2.45) is 5.73 Å². The number of hydrogen-bond donors (Lipinski definition) is 2. The number of hydrogen-bond acceptors (Lipinski definition) is 4. The van der Waals surface area contributed by atoms with E-state index in [4.69, 9.17) is 15.2 Å². The van der Waals surface area contributed by atoms with Crippen molar-refractivity contribution in [3.63, 3.8) is 0 Å². The van der Waals surface area contributed by atoms with E-state index in [0.29, 0.717) is 17.1 Å². The van der Waals surface area contributed by atoms with E-state index in [1.54, 1.807) is 18.2 Å². The minimum absolute atomic E-state index is 0.354. The Bertz CT molecular complexity index is 1370. The lowest BCUT2D eigenvalue weighted by molar-refractivity contribution is 0.211. The zero-order valence-electron chi connectivity index (χ0n) is 15.8. The third-order valence-corrected chi connectivity index (χ3v) is 4.76. The first-order valence-corrected chi connectivity index (χ1v) is 9.38. The number of nitrogens with one attached hydrogen (secondary N) is 1. The van der Waals surface area contributed by atoms with Crippen molar-refractivity contribution in [1.29, 1.82) is 0 Å². The van der Waals surface area contributed by atoms with Crippen LogP contribution in [0.25, 0.3) is 33.2 Å². The molecule has 1 aromatic heterocycles. The molecule has 0 aliphatic heterocycles. The van der Waals surface area contributed by atoms with E-state index >= 15 is 0 Å². The van der Waals surface area contributed by atoms with Gasteiger partial charge in [-0.25, -0.2) is 9.78 Å². The first kappa shape index (κ1) is 17.8. The molecule has 0 aliphatic rings. The maximum absolute atomic E-state index is 10.9. The van der Waals surface area contributed by atoms with Crippen LogP contribution in [-0.4, -0.2) is 16.1 Å². The Morgan fingerprint density at radius 1 is 0.800 bits per heavy atom. The molecule has 146 valence electrons. The van der Waals surface area contributed by atoms with Gasteiger partial charge in [0.05, 0.1) is 11.0 Å². The fourth-order valence-corrected chi connectivity index (χ4v) is 3.35. The summed E-state index contributed by atoms with van der Waals surface area (Å²) in [6.45, 7) is 0. The Balaban J connectivity index is 1.38. The van der Waals surface area contributed by atoms with Crippen LogP contribution in [-0.2, 0) is 0 Å². The minimum Gasteiger partial charge on any atom is -0.457 e. The topological polar surface area (TPSA) is 90.2 Å². The first-order valence-electron chi connectivity index (χ1n) is 9.38. The van der Waals surface area contributed by atoms with Crippen LogP contribution < -0.4 is 15.2 Å². The highest BCUT2D eigenvalue weighted by molar-refractivity contribution is 5.84. The van der Waals surface area contributed by atoms with Gasteiger partial charge in [-0.05, 0) is 59.3 Å². The Hall–Kier alpha value is -4.32. The molecule has 0 saturated carbocycles. The zero-order chi connectivity index (χ0) is 20.5. The van der Waals surface area contributed by atoms with Gasteiger partial charge in [0, 0.05) is 11.6 Å². The first-order chi connectivity index (χ1) is 14.6. The lowest BCUT2D eigenvalue weighted by Crippen LogP contribution is -2.16. The van der Waals surface area contributed by atoms with Gasteiger partial charge in [-0.3, -0.25) is 0 Å².